The van der Waals surface area contributed by atoms with Gasteiger partial charge in [-0.3, -0.25) is 0 Å². The van der Waals surface area contributed by atoms with Crippen LogP contribution in [-0.2, 0) is 4.74 Å². The van der Waals surface area contributed by atoms with Crippen molar-refractivity contribution in [1.29, 1.82) is 0 Å². The lowest BCUT2D eigenvalue weighted by Gasteiger charge is -2.51. The zero-order valence-electron chi connectivity index (χ0n) is 12.2. The first kappa shape index (κ1) is 14.5. The van der Waals surface area contributed by atoms with Gasteiger partial charge in [-0.15, -0.1) is 0 Å². The van der Waals surface area contributed by atoms with Gasteiger partial charge in [0.2, 0.25) is 0 Å². The summed E-state index contributed by atoms with van der Waals surface area (Å²) in [6.07, 6.45) is 1.31. The van der Waals surface area contributed by atoms with Gasteiger partial charge in [-0.1, -0.05) is 25.4 Å². The summed E-state index contributed by atoms with van der Waals surface area (Å²) in [6, 6.07) is 0.355. The molecule has 0 amide bonds. The Hall–Kier alpha value is -0.870. The van der Waals surface area contributed by atoms with Gasteiger partial charge in [-0.05, 0) is 27.2 Å². The Morgan fingerprint density at radius 1 is 1.37 bits per heavy atom. The van der Waals surface area contributed by atoms with Crippen LogP contribution in [-0.4, -0.2) is 28.7 Å². The summed E-state index contributed by atoms with van der Waals surface area (Å²) in [7, 11) is 0. The van der Waals surface area contributed by atoms with Gasteiger partial charge >= 0.3 is 0 Å². The lowest BCUT2D eigenvalue weighted by molar-refractivity contribution is -0.0976. The molecule has 0 saturated heterocycles. The zero-order chi connectivity index (χ0) is 14.2. The average Bonchev–Trinajstić information content (AvgIpc) is 2.33. The van der Waals surface area contributed by atoms with Crippen molar-refractivity contribution in [2.24, 2.45) is 5.41 Å². The normalized spacial score (nSPS) is 24.9. The maximum absolute atomic E-state index is 6.10. The van der Waals surface area contributed by atoms with Crippen LogP contribution in [0.1, 0.15) is 38.6 Å². The van der Waals surface area contributed by atoms with Crippen LogP contribution >= 0.6 is 11.6 Å². The molecule has 1 aromatic heterocycles. The van der Waals surface area contributed by atoms with E-state index in [1.165, 1.54) is 0 Å². The summed E-state index contributed by atoms with van der Waals surface area (Å²) in [4.78, 5) is 8.60. The highest BCUT2D eigenvalue weighted by molar-refractivity contribution is 6.30. The largest absolute Gasteiger partial charge is 0.378 e. The second-order valence-electron chi connectivity index (χ2n) is 5.73. The maximum atomic E-state index is 6.10. The van der Waals surface area contributed by atoms with Gasteiger partial charge in [0.25, 0.3) is 0 Å². The first-order chi connectivity index (χ1) is 8.86. The van der Waals surface area contributed by atoms with Crippen molar-refractivity contribution in [2.45, 2.75) is 53.2 Å². The van der Waals surface area contributed by atoms with Crippen LogP contribution in [0.5, 0.6) is 0 Å². The molecule has 1 aliphatic rings. The van der Waals surface area contributed by atoms with Crippen molar-refractivity contribution in [3.63, 3.8) is 0 Å². The van der Waals surface area contributed by atoms with Gasteiger partial charge in [0.15, 0.2) is 0 Å². The number of anilines is 1. The van der Waals surface area contributed by atoms with E-state index in [4.69, 9.17) is 16.3 Å². The lowest BCUT2D eigenvalue weighted by atomic mass is 9.64. The van der Waals surface area contributed by atoms with Crippen molar-refractivity contribution in [3.8, 4) is 0 Å². The van der Waals surface area contributed by atoms with E-state index in [1.54, 1.807) is 0 Å². The molecule has 0 spiro atoms. The van der Waals surface area contributed by atoms with Gasteiger partial charge in [0.1, 0.15) is 16.8 Å². The minimum absolute atomic E-state index is 0.105. The molecule has 1 aliphatic carbocycles. The first-order valence-corrected chi connectivity index (χ1v) is 7.13. The molecule has 0 bridgehead atoms. The summed E-state index contributed by atoms with van der Waals surface area (Å²) in [6.45, 7) is 11.0. The molecule has 1 aromatic rings. The number of halogens is 1. The van der Waals surface area contributed by atoms with E-state index in [0.717, 1.165) is 24.4 Å². The SMILES string of the molecule is CCOC1CC(Nc2nc(C)nc(Cl)c2C)C1(C)C. The Morgan fingerprint density at radius 2 is 2.05 bits per heavy atom. The number of hydrogen-bond acceptors (Lipinski definition) is 4. The Labute approximate surface area is 119 Å². The third-order valence-corrected chi connectivity index (χ3v) is 4.42. The third-order valence-electron chi connectivity index (χ3n) is 4.05. The smallest absolute Gasteiger partial charge is 0.137 e. The summed E-state index contributed by atoms with van der Waals surface area (Å²) >= 11 is 6.10. The van der Waals surface area contributed by atoms with Gasteiger partial charge in [0, 0.05) is 23.6 Å². The van der Waals surface area contributed by atoms with Crippen molar-refractivity contribution in [2.75, 3.05) is 11.9 Å². The Kier molecular flexibility index (Phi) is 4.02. The number of nitrogens with zero attached hydrogens (tertiary/aromatic N) is 2. The second kappa shape index (κ2) is 5.25. The van der Waals surface area contributed by atoms with Gasteiger partial charge in [-0.2, -0.15) is 0 Å². The standard InChI is InChI=1S/C14H22ClN3O/c1-6-19-11-7-10(14(11,4)5)18-13-8(2)12(15)16-9(3)17-13/h10-11H,6-7H2,1-5H3,(H,16,17,18). The number of aromatic nitrogens is 2. The zero-order valence-corrected chi connectivity index (χ0v) is 13.0. The van der Waals surface area contributed by atoms with Crippen molar-refractivity contribution in [3.05, 3.63) is 16.5 Å². The number of rotatable bonds is 4. The molecule has 2 rings (SSSR count). The molecule has 5 heteroatoms. The summed E-state index contributed by atoms with van der Waals surface area (Å²) < 4.78 is 5.74. The summed E-state index contributed by atoms with van der Waals surface area (Å²) in [5.74, 6) is 1.53. The monoisotopic (exact) mass is 283 g/mol. The number of hydrogen-bond donors (Lipinski definition) is 1. The van der Waals surface area contributed by atoms with Crippen LogP contribution in [0.3, 0.4) is 0 Å². The number of nitrogens with one attached hydrogen (secondary N) is 1. The first-order valence-electron chi connectivity index (χ1n) is 6.75. The fraction of sp³-hybridized carbons (Fsp3) is 0.714. The van der Waals surface area contributed by atoms with Gasteiger partial charge in [-0.25, -0.2) is 9.97 Å². The molecule has 2 unspecified atom stereocenters. The highest BCUT2D eigenvalue weighted by Crippen LogP contribution is 2.44. The van der Waals surface area contributed by atoms with E-state index in [2.05, 4.69) is 29.1 Å². The topological polar surface area (TPSA) is 47.0 Å². The minimum Gasteiger partial charge on any atom is -0.378 e. The van der Waals surface area contributed by atoms with Gasteiger partial charge in [0.05, 0.1) is 6.10 Å². The van der Waals surface area contributed by atoms with E-state index < -0.39 is 0 Å². The number of ether oxygens (including phenoxy) is 1. The highest BCUT2D eigenvalue weighted by Gasteiger charge is 2.49. The molecule has 0 radical (unpaired) electrons. The van der Waals surface area contributed by atoms with Crippen LogP contribution < -0.4 is 5.32 Å². The van der Waals surface area contributed by atoms with E-state index in [-0.39, 0.29) is 5.41 Å². The lowest BCUT2D eigenvalue weighted by Crippen LogP contribution is -2.58. The van der Waals surface area contributed by atoms with E-state index in [1.807, 2.05) is 20.8 Å². The van der Waals surface area contributed by atoms with Crippen molar-refractivity contribution < 1.29 is 4.74 Å². The fourth-order valence-corrected chi connectivity index (χ4v) is 2.73. The molecule has 2 atom stereocenters. The predicted molar refractivity (Wildman–Crippen MR) is 77.7 cm³/mol. The molecule has 1 heterocycles. The minimum atomic E-state index is 0.105. The Morgan fingerprint density at radius 3 is 2.63 bits per heavy atom. The quantitative estimate of drug-likeness (QED) is 0.861. The van der Waals surface area contributed by atoms with Crippen molar-refractivity contribution in [1.82, 2.24) is 9.97 Å². The Bertz CT molecular complexity index is 476. The van der Waals surface area contributed by atoms with Crippen LogP contribution in [0.25, 0.3) is 0 Å². The molecule has 4 nitrogen and oxygen atoms in total. The molecular weight excluding hydrogens is 262 g/mol. The van der Waals surface area contributed by atoms with Gasteiger partial charge < -0.3 is 10.1 Å². The molecular formula is C14H22ClN3O. The summed E-state index contributed by atoms with van der Waals surface area (Å²) in [5.41, 5.74) is 1.01. The van der Waals surface area contributed by atoms with Crippen LogP contribution in [0.15, 0.2) is 0 Å². The molecule has 106 valence electrons. The number of aryl methyl sites for hydroxylation is 1. The summed E-state index contributed by atoms with van der Waals surface area (Å²) in [5, 5.41) is 4.01. The second-order valence-corrected chi connectivity index (χ2v) is 6.09. The van der Waals surface area contributed by atoms with E-state index >= 15 is 0 Å². The molecule has 1 saturated carbocycles. The fourth-order valence-electron chi connectivity index (χ4n) is 2.51. The van der Waals surface area contributed by atoms with Crippen LogP contribution in [0, 0.1) is 19.3 Å². The molecule has 19 heavy (non-hydrogen) atoms. The molecule has 1 fully saturated rings. The maximum Gasteiger partial charge on any atom is 0.137 e. The predicted octanol–water partition coefficient (Wildman–Crippen LogP) is 3.36. The van der Waals surface area contributed by atoms with Crippen molar-refractivity contribution >= 4 is 17.4 Å². The van der Waals surface area contributed by atoms with E-state index in [0.29, 0.717) is 23.1 Å². The molecule has 0 aromatic carbocycles. The van der Waals surface area contributed by atoms with E-state index in [9.17, 15) is 0 Å². The molecule has 0 aliphatic heterocycles. The highest BCUT2D eigenvalue weighted by atomic mass is 35.5. The molecule has 1 N–H and O–H groups in total. The van der Waals surface area contributed by atoms with Crippen LogP contribution in [0.4, 0.5) is 5.82 Å². The average molecular weight is 284 g/mol. The third kappa shape index (κ3) is 2.70. The van der Waals surface area contributed by atoms with Crippen LogP contribution in [0.2, 0.25) is 5.15 Å². The Balaban J connectivity index is 2.12.